The van der Waals surface area contributed by atoms with Crippen LogP contribution in [0.1, 0.15) is 30.1 Å². The lowest BCUT2D eigenvalue weighted by atomic mass is 9.93. The van der Waals surface area contributed by atoms with Gasteiger partial charge in [-0.2, -0.15) is 0 Å². The molecule has 0 unspecified atom stereocenters. The van der Waals surface area contributed by atoms with Crippen molar-refractivity contribution in [2.45, 2.75) is 25.4 Å². The topological polar surface area (TPSA) is 73.4 Å². The molecule has 2 N–H and O–H groups in total. The second-order valence-electron chi connectivity index (χ2n) is 4.73. The number of pyridine rings is 1. The highest BCUT2D eigenvalue weighted by molar-refractivity contribution is 5.93. The number of amides is 1. The van der Waals surface area contributed by atoms with E-state index in [1.807, 2.05) is 0 Å². The van der Waals surface area contributed by atoms with Crippen LogP contribution >= 0.6 is 0 Å². The summed E-state index contributed by atoms with van der Waals surface area (Å²) in [7, 11) is 0. The summed E-state index contributed by atoms with van der Waals surface area (Å²) >= 11 is 0. The summed E-state index contributed by atoms with van der Waals surface area (Å²) in [5, 5.41) is 9.80. The molecule has 5 nitrogen and oxygen atoms in total. The van der Waals surface area contributed by atoms with E-state index in [9.17, 15) is 14.7 Å². The Labute approximate surface area is 99.1 Å². The third-order valence-corrected chi connectivity index (χ3v) is 3.16. The number of nitrogens with zero attached hydrogens (tertiary/aromatic N) is 1. The van der Waals surface area contributed by atoms with Gasteiger partial charge in [0.15, 0.2) is 0 Å². The van der Waals surface area contributed by atoms with Crippen molar-refractivity contribution < 1.29 is 9.90 Å². The van der Waals surface area contributed by atoms with Crippen LogP contribution in [0.25, 0.3) is 0 Å². The predicted octanol–water partition coefficient (Wildman–Crippen LogP) is 0.362. The fourth-order valence-electron chi connectivity index (χ4n) is 1.92. The Morgan fingerprint density at radius 2 is 2.06 bits per heavy atom. The lowest BCUT2D eigenvalue weighted by Gasteiger charge is -2.35. The molecule has 2 heterocycles. The van der Waals surface area contributed by atoms with Gasteiger partial charge in [-0.15, -0.1) is 0 Å². The van der Waals surface area contributed by atoms with Crippen molar-refractivity contribution in [3.8, 4) is 0 Å². The molecule has 1 saturated heterocycles. The monoisotopic (exact) mass is 236 g/mol. The number of H-pyrrole nitrogens is 1. The first-order chi connectivity index (χ1) is 7.98. The van der Waals surface area contributed by atoms with Crippen LogP contribution in [0.3, 0.4) is 0 Å². The molecule has 1 aromatic heterocycles. The van der Waals surface area contributed by atoms with Gasteiger partial charge in [0, 0.05) is 25.4 Å². The molecule has 17 heavy (non-hydrogen) atoms. The first kappa shape index (κ1) is 11.9. The van der Waals surface area contributed by atoms with Gasteiger partial charge in [-0.3, -0.25) is 9.59 Å². The summed E-state index contributed by atoms with van der Waals surface area (Å²) in [6.45, 7) is 2.88. The van der Waals surface area contributed by atoms with Gasteiger partial charge < -0.3 is 15.0 Å². The van der Waals surface area contributed by atoms with Gasteiger partial charge in [0.05, 0.1) is 11.2 Å². The van der Waals surface area contributed by atoms with Crippen molar-refractivity contribution >= 4 is 5.91 Å². The van der Waals surface area contributed by atoms with Gasteiger partial charge in [-0.25, -0.2) is 0 Å². The fourth-order valence-corrected chi connectivity index (χ4v) is 1.92. The highest BCUT2D eigenvalue weighted by Crippen LogP contribution is 2.22. The Kier molecular flexibility index (Phi) is 3.02. The second-order valence-corrected chi connectivity index (χ2v) is 4.73. The lowest BCUT2D eigenvalue weighted by Crippen LogP contribution is -2.45. The Balaban J connectivity index is 2.06. The number of aromatic nitrogens is 1. The van der Waals surface area contributed by atoms with Crippen molar-refractivity contribution in [2.24, 2.45) is 0 Å². The minimum absolute atomic E-state index is 0.100. The molecule has 1 aromatic rings. The molecule has 1 aliphatic rings. The van der Waals surface area contributed by atoms with Gasteiger partial charge in [0.1, 0.15) is 0 Å². The number of aliphatic hydroxyl groups is 1. The number of piperidine rings is 1. The smallest absolute Gasteiger partial charge is 0.255 e. The third kappa shape index (κ3) is 2.74. The molecule has 0 radical (unpaired) electrons. The zero-order valence-corrected chi connectivity index (χ0v) is 9.77. The van der Waals surface area contributed by atoms with Crippen molar-refractivity contribution in [3.63, 3.8) is 0 Å². The van der Waals surface area contributed by atoms with Gasteiger partial charge in [-0.1, -0.05) is 0 Å². The number of rotatable bonds is 1. The van der Waals surface area contributed by atoms with Crippen LogP contribution in [-0.2, 0) is 0 Å². The van der Waals surface area contributed by atoms with Crippen molar-refractivity contribution in [1.29, 1.82) is 0 Å². The predicted molar refractivity (Wildman–Crippen MR) is 62.8 cm³/mol. The van der Waals surface area contributed by atoms with Gasteiger partial charge in [0.25, 0.3) is 5.91 Å². The highest BCUT2D eigenvalue weighted by atomic mass is 16.3. The number of carbonyl (C=O) groups excluding carboxylic acids is 1. The van der Waals surface area contributed by atoms with Crippen molar-refractivity contribution in [2.75, 3.05) is 13.1 Å². The molecule has 1 amide bonds. The number of hydrogen-bond acceptors (Lipinski definition) is 3. The average Bonchev–Trinajstić information content (AvgIpc) is 2.29. The molecule has 0 aromatic carbocycles. The zero-order chi connectivity index (χ0) is 12.5. The van der Waals surface area contributed by atoms with Crippen LogP contribution in [0.15, 0.2) is 23.1 Å². The molecule has 92 valence electrons. The Morgan fingerprint density at radius 1 is 1.41 bits per heavy atom. The molecule has 2 rings (SSSR count). The quantitative estimate of drug-likeness (QED) is 0.739. The first-order valence-electron chi connectivity index (χ1n) is 5.68. The molecule has 1 fully saturated rings. The molecule has 0 spiro atoms. The van der Waals surface area contributed by atoms with E-state index in [0.717, 1.165) is 0 Å². The molecular formula is C12H16N2O3. The van der Waals surface area contributed by atoms with E-state index in [0.29, 0.717) is 31.5 Å². The Morgan fingerprint density at radius 3 is 2.59 bits per heavy atom. The summed E-state index contributed by atoms with van der Waals surface area (Å²) in [6, 6.07) is 2.86. The van der Waals surface area contributed by atoms with E-state index in [-0.39, 0.29) is 11.5 Å². The lowest BCUT2D eigenvalue weighted by molar-refractivity contribution is -0.00203. The summed E-state index contributed by atoms with van der Waals surface area (Å²) < 4.78 is 0. The average molecular weight is 236 g/mol. The number of likely N-dealkylation sites (tertiary alicyclic amines) is 1. The van der Waals surface area contributed by atoms with Crippen molar-refractivity contribution in [1.82, 2.24) is 9.88 Å². The minimum atomic E-state index is -0.665. The van der Waals surface area contributed by atoms with Crippen LogP contribution in [0.5, 0.6) is 0 Å². The van der Waals surface area contributed by atoms with E-state index in [1.54, 1.807) is 11.8 Å². The van der Waals surface area contributed by atoms with Gasteiger partial charge in [0.2, 0.25) is 5.56 Å². The molecule has 0 bridgehead atoms. The normalized spacial score (nSPS) is 19.1. The van der Waals surface area contributed by atoms with Crippen LogP contribution in [-0.4, -0.2) is 39.6 Å². The first-order valence-corrected chi connectivity index (χ1v) is 5.68. The van der Waals surface area contributed by atoms with Gasteiger partial charge >= 0.3 is 0 Å². The van der Waals surface area contributed by atoms with Gasteiger partial charge in [-0.05, 0) is 25.8 Å². The number of nitrogens with one attached hydrogen (secondary N) is 1. The second kappa shape index (κ2) is 4.33. The van der Waals surface area contributed by atoms with E-state index in [4.69, 9.17) is 0 Å². The largest absolute Gasteiger partial charge is 0.390 e. The third-order valence-electron chi connectivity index (χ3n) is 3.16. The zero-order valence-electron chi connectivity index (χ0n) is 9.77. The van der Waals surface area contributed by atoms with Crippen LogP contribution in [0, 0.1) is 0 Å². The molecular weight excluding hydrogens is 220 g/mol. The molecule has 0 saturated carbocycles. The van der Waals surface area contributed by atoms with E-state index < -0.39 is 5.60 Å². The number of carbonyl (C=O) groups is 1. The number of aromatic amines is 1. The standard InChI is InChI=1S/C12H16N2O3/c1-12(17)4-6-14(7-5-12)11(16)9-2-3-10(15)13-8-9/h2-3,8,17H,4-7H2,1H3,(H,13,15). The maximum Gasteiger partial charge on any atom is 0.255 e. The van der Waals surface area contributed by atoms with E-state index in [2.05, 4.69) is 4.98 Å². The molecule has 1 aliphatic heterocycles. The van der Waals surface area contributed by atoms with E-state index in [1.165, 1.54) is 18.3 Å². The highest BCUT2D eigenvalue weighted by Gasteiger charge is 2.29. The summed E-state index contributed by atoms with van der Waals surface area (Å²) in [4.78, 5) is 27.1. The minimum Gasteiger partial charge on any atom is -0.390 e. The van der Waals surface area contributed by atoms with Crippen molar-refractivity contribution in [3.05, 3.63) is 34.2 Å². The van der Waals surface area contributed by atoms with Crippen LogP contribution in [0.2, 0.25) is 0 Å². The SMILES string of the molecule is CC1(O)CCN(C(=O)c2ccc(=O)[nH]c2)CC1. The maximum absolute atomic E-state index is 12.0. The van der Waals surface area contributed by atoms with Crippen LogP contribution in [0.4, 0.5) is 0 Å². The maximum atomic E-state index is 12.0. The molecule has 0 aliphatic carbocycles. The number of hydrogen-bond donors (Lipinski definition) is 2. The fraction of sp³-hybridized carbons (Fsp3) is 0.500. The molecule has 0 atom stereocenters. The molecule has 5 heteroatoms. The summed E-state index contributed by atoms with van der Waals surface area (Å²) in [6.07, 6.45) is 2.60. The summed E-state index contributed by atoms with van der Waals surface area (Å²) in [5.74, 6) is -0.100. The van der Waals surface area contributed by atoms with Crippen LogP contribution < -0.4 is 5.56 Å². The summed E-state index contributed by atoms with van der Waals surface area (Å²) in [5.41, 5.74) is -0.406. The Hall–Kier alpha value is -1.62. The Bertz CT molecular complexity index is 448. The van der Waals surface area contributed by atoms with E-state index >= 15 is 0 Å².